The number of aliphatic hydroxyl groups excluding tert-OH is 1. The van der Waals surface area contributed by atoms with Crippen LogP contribution in [-0.2, 0) is 4.74 Å². The van der Waals surface area contributed by atoms with Crippen LogP contribution in [0.3, 0.4) is 0 Å². The number of nitrogen functional groups attached to an aromatic ring is 1. The minimum absolute atomic E-state index is 0.221. The molecule has 5 heteroatoms. The van der Waals surface area contributed by atoms with Crippen LogP contribution >= 0.6 is 0 Å². The van der Waals surface area contributed by atoms with Gasteiger partial charge in [-0.3, -0.25) is 4.79 Å². The van der Waals surface area contributed by atoms with Gasteiger partial charge in [0.25, 0.3) is 5.91 Å². The van der Waals surface area contributed by atoms with Gasteiger partial charge in [-0.05, 0) is 25.0 Å². The molecule has 0 heterocycles. The largest absolute Gasteiger partial charge is 0.398 e. The van der Waals surface area contributed by atoms with Gasteiger partial charge >= 0.3 is 0 Å². The number of anilines is 1. The first-order chi connectivity index (χ1) is 8.56. The van der Waals surface area contributed by atoms with E-state index in [2.05, 4.69) is 5.32 Å². The lowest BCUT2D eigenvalue weighted by atomic mass is 10.1. The van der Waals surface area contributed by atoms with Gasteiger partial charge in [-0.2, -0.15) is 0 Å². The van der Waals surface area contributed by atoms with Crippen LogP contribution < -0.4 is 11.1 Å². The minimum Gasteiger partial charge on any atom is -0.398 e. The molecule has 0 saturated carbocycles. The van der Waals surface area contributed by atoms with Crippen molar-refractivity contribution in [1.82, 2.24) is 5.32 Å². The van der Waals surface area contributed by atoms with Crippen LogP contribution in [0.15, 0.2) is 18.2 Å². The van der Waals surface area contributed by atoms with Crippen molar-refractivity contribution in [3.05, 3.63) is 29.3 Å². The number of aryl methyl sites for hydroxylation is 1. The number of amides is 1. The van der Waals surface area contributed by atoms with Crippen molar-refractivity contribution in [1.29, 1.82) is 0 Å². The average molecular weight is 252 g/mol. The van der Waals surface area contributed by atoms with Crippen LogP contribution in [0, 0.1) is 6.92 Å². The molecule has 0 aliphatic carbocycles. The second-order valence-corrected chi connectivity index (χ2v) is 4.19. The standard InChI is InChI=1S/C13H20N2O3/c1-9-4-3-5-11(12(9)14)13(17)15-7-6-10(16)8-18-2/h3-5,10,16H,6-8,14H2,1-2H3,(H,15,17). The molecule has 1 atom stereocenters. The summed E-state index contributed by atoms with van der Waals surface area (Å²) in [6.07, 6.45) is -0.115. The number of nitrogens with two attached hydrogens (primary N) is 1. The summed E-state index contributed by atoms with van der Waals surface area (Å²) in [6.45, 7) is 2.51. The molecular formula is C13H20N2O3. The molecule has 1 aromatic carbocycles. The Morgan fingerprint density at radius 2 is 2.28 bits per heavy atom. The van der Waals surface area contributed by atoms with Gasteiger partial charge in [-0.25, -0.2) is 0 Å². The zero-order valence-electron chi connectivity index (χ0n) is 10.8. The van der Waals surface area contributed by atoms with Gasteiger partial charge in [0.15, 0.2) is 0 Å². The number of methoxy groups -OCH3 is 1. The van der Waals surface area contributed by atoms with Crippen molar-refractivity contribution in [2.75, 3.05) is 26.0 Å². The van der Waals surface area contributed by atoms with E-state index >= 15 is 0 Å². The monoisotopic (exact) mass is 252 g/mol. The maximum Gasteiger partial charge on any atom is 0.253 e. The van der Waals surface area contributed by atoms with Crippen LogP contribution in [0.1, 0.15) is 22.3 Å². The van der Waals surface area contributed by atoms with Gasteiger partial charge < -0.3 is 20.9 Å². The molecule has 1 aromatic rings. The van der Waals surface area contributed by atoms with Crippen molar-refractivity contribution in [3.63, 3.8) is 0 Å². The summed E-state index contributed by atoms with van der Waals surface area (Å²) in [6, 6.07) is 5.33. The fourth-order valence-electron chi connectivity index (χ4n) is 1.60. The summed E-state index contributed by atoms with van der Waals surface area (Å²) in [5, 5.41) is 12.2. The molecule has 0 fully saturated rings. The number of ether oxygens (including phenoxy) is 1. The number of carbonyl (C=O) groups excluding carboxylic acids is 1. The fraction of sp³-hybridized carbons (Fsp3) is 0.462. The van der Waals surface area contributed by atoms with Crippen LogP contribution in [0.5, 0.6) is 0 Å². The third kappa shape index (κ3) is 4.01. The van der Waals surface area contributed by atoms with Crippen LogP contribution in [-0.4, -0.2) is 37.4 Å². The fourth-order valence-corrected chi connectivity index (χ4v) is 1.60. The lowest BCUT2D eigenvalue weighted by Crippen LogP contribution is -2.29. The second kappa shape index (κ2) is 6.98. The smallest absolute Gasteiger partial charge is 0.253 e. The molecule has 0 aliphatic rings. The molecule has 1 amide bonds. The van der Waals surface area contributed by atoms with Crippen LogP contribution in [0.4, 0.5) is 5.69 Å². The highest BCUT2D eigenvalue weighted by molar-refractivity contribution is 5.99. The first kappa shape index (κ1) is 14.5. The van der Waals surface area contributed by atoms with Gasteiger partial charge in [0.05, 0.1) is 18.3 Å². The Hall–Kier alpha value is -1.59. The molecule has 1 unspecified atom stereocenters. The molecule has 5 nitrogen and oxygen atoms in total. The lowest BCUT2D eigenvalue weighted by Gasteiger charge is -2.11. The van der Waals surface area contributed by atoms with Gasteiger partial charge in [0.1, 0.15) is 0 Å². The number of hydrogen-bond donors (Lipinski definition) is 3. The SMILES string of the molecule is COCC(O)CCNC(=O)c1cccc(C)c1N. The summed E-state index contributed by atoms with van der Waals surface area (Å²) in [5.41, 5.74) is 7.67. The molecule has 1 rings (SSSR count). The number of rotatable bonds is 6. The highest BCUT2D eigenvalue weighted by Crippen LogP contribution is 2.15. The van der Waals surface area contributed by atoms with E-state index in [0.29, 0.717) is 24.2 Å². The number of hydrogen-bond acceptors (Lipinski definition) is 4. The van der Waals surface area contributed by atoms with E-state index in [1.165, 1.54) is 7.11 Å². The molecule has 0 spiro atoms. The van der Waals surface area contributed by atoms with Crippen molar-refractivity contribution < 1.29 is 14.6 Å². The third-order valence-corrected chi connectivity index (χ3v) is 2.69. The van der Waals surface area contributed by atoms with Gasteiger partial charge in [0.2, 0.25) is 0 Å². The Labute approximate surface area is 107 Å². The van der Waals surface area contributed by atoms with E-state index in [1.54, 1.807) is 12.1 Å². The first-order valence-corrected chi connectivity index (χ1v) is 5.86. The molecular weight excluding hydrogens is 232 g/mol. The maximum atomic E-state index is 11.9. The van der Waals surface area contributed by atoms with E-state index < -0.39 is 6.10 Å². The highest BCUT2D eigenvalue weighted by Gasteiger charge is 2.11. The van der Waals surface area contributed by atoms with Gasteiger partial charge in [0, 0.05) is 19.3 Å². The van der Waals surface area contributed by atoms with Crippen molar-refractivity contribution >= 4 is 11.6 Å². The summed E-state index contributed by atoms with van der Waals surface area (Å²) >= 11 is 0. The normalized spacial score (nSPS) is 12.2. The summed E-state index contributed by atoms with van der Waals surface area (Å²) in [5.74, 6) is -0.221. The molecule has 4 N–H and O–H groups in total. The molecule has 0 bridgehead atoms. The summed E-state index contributed by atoms with van der Waals surface area (Å²) in [7, 11) is 1.52. The molecule has 100 valence electrons. The van der Waals surface area contributed by atoms with E-state index in [0.717, 1.165) is 5.56 Å². The zero-order valence-corrected chi connectivity index (χ0v) is 10.8. The number of aliphatic hydroxyl groups is 1. The first-order valence-electron chi connectivity index (χ1n) is 5.86. The maximum absolute atomic E-state index is 11.9. The number of para-hydroxylation sites is 1. The van der Waals surface area contributed by atoms with Crippen molar-refractivity contribution in [2.45, 2.75) is 19.4 Å². The summed E-state index contributed by atoms with van der Waals surface area (Å²) in [4.78, 5) is 11.9. The molecule has 0 aliphatic heterocycles. The zero-order chi connectivity index (χ0) is 13.5. The minimum atomic E-state index is -0.565. The lowest BCUT2D eigenvalue weighted by molar-refractivity contribution is 0.0588. The number of carbonyl (C=O) groups is 1. The van der Waals surface area contributed by atoms with Crippen LogP contribution in [0.25, 0.3) is 0 Å². The van der Waals surface area contributed by atoms with Gasteiger partial charge in [-0.1, -0.05) is 12.1 Å². The van der Waals surface area contributed by atoms with Crippen molar-refractivity contribution in [3.8, 4) is 0 Å². The molecule has 18 heavy (non-hydrogen) atoms. The average Bonchev–Trinajstić information content (AvgIpc) is 2.33. The quantitative estimate of drug-likeness (QED) is 0.651. The molecule has 0 saturated heterocycles. The highest BCUT2D eigenvalue weighted by atomic mass is 16.5. The second-order valence-electron chi connectivity index (χ2n) is 4.19. The third-order valence-electron chi connectivity index (χ3n) is 2.69. The number of benzene rings is 1. The number of nitrogens with one attached hydrogen (secondary N) is 1. The Bertz CT molecular complexity index is 407. The van der Waals surface area contributed by atoms with E-state index in [9.17, 15) is 9.90 Å². The van der Waals surface area contributed by atoms with Gasteiger partial charge in [-0.15, -0.1) is 0 Å². The molecule has 0 radical (unpaired) electrons. The Balaban J connectivity index is 2.48. The van der Waals surface area contributed by atoms with E-state index in [4.69, 9.17) is 10.5 Å². The Morgan fingerprint density at radius 1 is 1.56 bits per heavy atom. The van der Waals surface area contributed by atoms with Crippen molar-refractivity contribution in [2.24, 2.45) is 0 Å². The topological polar surface area (TPSA) is 84.6 Å². The predicted octanol–water partition coefficient (Wildman–Crippen LogP) is 0.704. The summed E-state index contributed by atoms with van der Waals surface area (Å²) < 4.78 is 4.80. The van der Waals surface area contributed by atoms with E-state index in [1.807, 2.05) is 13.0 Å². The predicted molar refractivity (Wildman–Crippen MR) is 70.4 cm³/mol. The Kier molecular flexibility index (Phi) is 5.61. The molecule has 0 aromatic heterocycles. The Morgan fingerprint density at radius 3 is 2.94 bits per heavy atom. The van der Waals surface area contributed by atoms with Crippen LogP contribution in [0.2, 0.25) is 0 Å². The van der Waals surface area contributed by atoms with E-state index in [-0.39, 0.29) is 12.5 Å².